The van der Waals surface area contributed by atoms with E-state index in [1.54, 1.807) is 25.3 Å². The molecule has 2 aromatic carbocycles. The third kappa shape index (κ3) is 1.98. The summed E-state index contributed by atoms with van der Waals surface area (Å²) in [6.07, 6.45) is 0. The van der Waals surface area contributed by atoms with Crippen molar-refractivity contribution in [2.45, 2.75) is 0 Å². The fraction of sp³-hybridized carbons (Fsp3) is 0.133. The molecule has 5 heteroatoms. The lowest BCUT2D eigenvalue weighted by atomic mass is 10.2. The number of phenols is 1. The molecule has 1 heterocycles. The van der Waals surface area contributed by atoms with Crippen LogP contribution in [0.5, 0.6) is 11.5 Å². The number of ether oxygens (including phenoxy) is 1. The van der Waals surface area contributed by atoms with Gasteiger partial charge in [0.25, 0.3) is 0 Å². The molecule has 0 aliphatic carbocycles. The lowest BCUT2D eigenvalue weighted by Gasteiger charge is -2.05. The first-order valence-electron chi connectivity index (χ1n) is 6.09. The van der Waals surface area contributed by atoms with E-state index in [9.17, 15) is 5.11 Å². The molecule has 3 aromatic rings. The molecule has 0 bridgehead atoms. The van der Waals surface area contributed by atoms with Crippen LogP contribution in [0.4, 0.5) is 0 Å². The first-order valence-corrected chi connectivity index (χ1v) is 6.47. The molecule has 0 spiro atoms. The van der Waals surface area contributed by atoms with Gasteiger partial charge in [0.1, 0.15) is 17.3 Å². The highest BCUT2D eigenvalue weighted by atomic mass is 35.5. The molecule has 4 nitrogen and oxygen atoms in total. The molecule has 3 rings (SSSR count). The molecule has 0 aliphatic heterocycles. The van der Waals surface area contributed by atoms with E-state index in [1.807, 2.05) is 29.8 Å². The Labute approximate surface area is 121 Å². The number of benzene rings is 2. The first kappa shape index (κ1) is 12.8. The summed E-state index contributed by atoms with van der Waals surface area (Å²) in [6, 6.07) is 10.6. The summed E-state index contributed by atoms with van der Waals surface area (Å²) in [4.78, 5) is 4.56. The van der Waals surface area contributed by atoms with Crippen LogP contribution in [0.3, 0.4) is 0 Å². The maximum atomic E-state index is 10.0. The second kappa shape index (κ2) is 4.72. The second-order valence-electron chi connectivity index (χ2n) is 4.51. The van der Waals surface area contributed by atoms with E-state index in [0.29, 0.717) is 16.4 Å². The number of phenolic OH excluding ortho intramolecular Hbond substituents is 1. The fourth-order valence-corrected chi connectivity index (χ4v) is 2.41. The Hall–Kier alpha value is -2.20. The quantitative estimate of drug-likeness (QED) is 0.783. The first-order chi connectivity index (χ1) is 9.60. The number of halogens is 1. The van der Waals surface area contributed by atoms with Crippen LogP contribution in [0.25, 0.3) is 22.4 Å². The zero-order valence-corrected chi connectivity index (χ0v) is 11.8. The Morgan fingerprint density at radius 1 is 1.20 bits per heavy atom. The van der Waals surface area contributed by atoms with Crippen LogP contribution >= 0.6 is 11.6 Å². The molecule has 0 aliphatic rings. The average molecular weight is 289 g/mol. The lowest BCUT2D eigenvalue weighted by molar-refractivity contribution is 0.415. The van der Waals surface area contributed by atoms with E-state index in [0.717, 1.165) is 16.8 Å². The van der Waals surface area contributed by atoms with Gasteiger partial charge in [0.15, 0.2) is 0 Å². The standard InChI is InChI=1S/C15H13ClN2O2/c1-18-13-5-4-10(20-2)8-12(13)17-15(18)11-7-9(16)3-6-14(11)19/h3-8,19H,1-2H3. The van der Waals surface area contributed by atoms with Gasteiger partial charge in [0, 0.05) is 18.1 Å². The maximum Gasteiger partial charge on any atom is 0.144 e. The summed E-state index contributed by atoms with van der Waals surface area (Å²) in [7, 11) is 3.52. The van der Waals surface area contributed by atoms with Crippen molar-refractivity contribution in [3.63, 3.8) is 0 Å². The predicted octanol–water partition coefficient (Wildman–Crippen LogP) is 3.61. The number of methoxy groups -OCH3 is 1. The van der Waals surface area contributed by atoms with Crippen LogP contribution in [0.15, 0.2) is 36.4 Å². The van der Waals surface area contributed by atoms with Crippen LogP contribution in [0.1, 0.15) is 0 Å². The molecule has 1 N–H and O–H groups in total. The molecule has 0 radical (unpaired) electrons. The number of hydrogen-bond acceptors (Lipinski definition) is 3. The summed E-state index contributed by atoms with van der Waals surface area (Å²) in [6.45, 7) is 0. The predicted molar refractivity (Wildman–Crippen MR) is 79.4 cm³/mol. The lowest BCUT2D eigenvalue weighted by Crippen LogP contribution is -1.92. The molecule has 20 heavy (non-hydrogen) atoms. The van der Waals surface area contributed by atoms with Gasteiger partial charge in [-0.05, 0) is 30.3 Å². The van der Waals surface area contributed by atoms with Gasteiger partial charge in [-0.3, -0.25) is 0 Å². The number of nitrogens with zero attached hydrogens (tertiary/aromatic N) is 2. The third-order valence-electron chi connectivity index (χ3n) is 3.29. The zero-order chi connectivity index (χ0) is 14.3. The molecule has 0 atom stereocenters. The molecular formula is C15H13ClN2O2. The Bertz CT molecular complexity index is 796. The van der Waals surface area contributed by atoms with Gasteiger partial charge < -0.3 is 14.4 Å². The second-order valence-corrected chi connectivity index (χ2v) is 4.95. The highest BCUT2D eigenvalue weighted by Crippen LogP contribution is 2.33. The summed E-state index contributed by atoms with van der Waals surface area (Å²) in [5.74, 6) is 1.56. The summed E-state index contributed by atoms with van der Waals surface area (Å²) in [5.41, 5.74) is 2.37. The molecular weight excluding hydrogens is 276 g/mol. The Kier molecular flexibility index (Phi) is 3.03. The average Bonchev–Trinajstić information content (AvgIpc) is 2.78. The highest BCUT2D eigenvalue weighted by Gasteiger charge is 2.14. The smallest absolute Gasteiger partial charge is 0.144 e. The molecule has 0 amide bonds. The highest BCUT2D eigenvalue weighted by molar-refractivity contribution is 6.30. The van der Waals surface area contributed by atoms with E-state index >= 15 is 0 Å². The Morgan fingerprint density at radius 3 is 2.75 bits per heavy atom. The van der Waals surface area contributed by atoms with Crippen molar-refractivity contribution in [1.82, 2.24) is 9.55 Å². The largest absolute Gasteiger partial charge is 0.507 e. The Balaban J connectivity index is 2.26. The minimum absolute atomic E-state index is 0.153. The van der Waals surface area contributed by atoms with Gasteiger partial charge in [0.05, 0.1) is 23.7 Å². The van der Waals surface area contributed by atoms with Crippen molar-refractivity contribution in [3.05, 3.63) is 41.4 Å². The van der Waals surface area contributed by atoms with E-state index in [1.165, 1.54) is 0 Å². The monoisotopic (exact) mass is 288 g/mol. The van der Waals surface area contributed by atoms with E-state index in [4.69, 9.17) is 16.3 Å². The summed E-state index contributed by atoms with van der Waals surface area (Å²) in [5, 5.41) is 10.6. The van der Waals surface area contributed by atoms with Crippen molar-refractivity contribution < 1.29 is 9.84 Å². The van der Waals surface area contributed by atoms with Crippen LogP contribution < -0.4 is 4.74 Å². The van der Waals surface area contributed by atoms with Crippen LogP contribution in [0.2, 0.25) is 5.02 Å². The van der Waals surface area contributed by atoms with Crippen molar-refractivity contribution in [2.24, 2.45) is 7.05 Å². The fourth-order valence-electron chi connectivity index (χ4n) is 2.23. The van der Waals surface area contributed by atoms with Gasteiger partial charge in [0.2, 0.25) is 0 Å². The van der Waals surface area contributed by atoms with Crippen LogP contribution in [0, 0.1) is 0 Å². The van der Waals surface area contributed by atoms with E-state index in [-0.39, 0.29) is 5.75 Å². The van der Waals surface area contributed by atoms with E-state index < -0.39 is 0 Å². The maximum absolute atomic E-state index is 10.0. The van der Waals surface area contributed by atoms with Crippen LogP contribution in [-0.4, -0.2) is 21.8 Å². The Morgan fingerprint density at radius 2 is 2.00 bits per heavy atom. The molecule has 102 valence electrons. The summed E-state index contributed by atoms with van der Waals surface area (Å²) < 4.78 is 7.12. The topological polar surface area (TPSA) is 47.3 Å². The van der Waals surface area contributed by atoms with Crippen molar-refractivity contribution in [1.29, 1.82) is 0 Å². The van der Waals surface area contributed by atoms with Crippen molar-refractivity contribution in [3.8, 4) is 22.9 Å². The van der Waals surface area contributed by atoms with Gasteiger partial charge in [-0.1, -0.05) is 11.6 Å². The SMILES string of the molecule is COc1ccc2c(c1)nc(-c1cc(Cl)ccc1O)n2C. The molecule has 0 unspecified atom stereocenters. The van der Waals surface area contributed by atoms with Crippen LogP contribution in [-0.2, 0) is 7.05 Å². The normalized spacial score (nSPS) is 10.9. The number of hydrogen-bond donors (Lipinski definition) is 1. The number of aryl methyl sites for hydroxylation is 1. The van der Waals surface area contributed by atoms with E-state index in [2.05, 4.69) is 4.98 Å². The van der Waals surface area contributed by atoms with Gasteiger partial charge in [-0.25, -0.2) is 4.98 Å². The molecule has 0 saturated heterocycles. The number of rotatable bonds is 2. The number of imidazole rings is 1. The van der Waals surface area contributed by atoms with Gasteiger partial charge in [-0.2, -0.15) is 0 Å². The van der Waals surface area contributed by atoms with Gasteiger partial charge >= 0.3 is 0 Å². The van der Waals surface area contributed by atoms with Gasteiger partial charge in [-0.15, -0.1) is 0 Å². The van der Waals surface area contributed by atoms with Crippen molar-refractivity contribution >= 4 is 22.6 Å². The molecule has 1 aromatic heterocycles. The summed E-state index contributed by atoms with van der Waals surface area (Å²) >= 11 is 6.00. The third-order valence-corrected chi connectivity index (χ3v) is 3.52. The molecule has 0 saturated carbocycles. The minimum atomic E-state index is 0.153. The number of fused-ring (bicyclic) bond motifs is 1. The molecule has 0 fully saturated rings. The minimum Gasteiger partial charge on any atom is -0.507 e. The van der Waals surface area contributed by atoms with Crippen molar-refractivity contribution in [2.75, 3.05) is 7.11 Å². The number of aromatic nitrogens is 2. The number of aromatic hydroxyl groups is 1. The zero-order valence-electron chi connectivity index (χ0n) is 11.1.